The zero-order valence-corrected chi connectivity index (χ0v) is 11.6. The molecule has 3 rings (SSSR count). The van der Waals surface area contributed by atoms with Crippen molar-refractivity contribution in [3.8, 4) is 5.75 Å². The minimum atomic E-state index is -1.16. The molecule has 1 aromatic rings. The van der Waals surface area contributed by atoms with Crippen molar-refractivity contribution in [1.82, 2.24) is 5.32 Å². The number of nitrogens with one attached hydrogen (secondary N) is 1. The van der Waals surface area contributed by atoms with E-state index in [1.807, 2.05) is 24.3 Å². The molecular formula is C16H21NO3. The number of carbonyl (C=O) groups excluding carboxylic acids is 1. The van der Waals surface area contributed by atoms with E-state index in [0.717, 1.165) is 37.0 Å². The lowest BCUT2D eigenvalue weighted by Gasteiger charge is -2.25. The predicted octanol–water partition coefficient (Wildman–Crippen LogP) is 2.32. The zero-order valence-electron chi connectivity index (χ0n) is 11.6. The smallest absolute Gasteiger partial charge is 0.252 e. The third-order valence-electron chi connectivity index (χ3n) is 4.35. The summed E-state index contributed by atoms with van der Waals surface area (Å²) >= 11 is 0. The quantitative estimate of drug-likeness (QED) is 0.871. The average molecular weight is 275 g/mol. The number of ether oxygens (including phenoxy) is 1. The van der Waals surface area contributed by atoms with E-state index >= 15 is 0 Å². The van der Waals surface area contributed by atoms with Crippen LogP contribution in [0.3, 0.4) is 0 Å². The molecule has 0 bridgehead atoms. The fourth-order valence-electron chi connectivity index (χ4n) is 3.15. The Hall–Kier alpha value is -1.55. The topological polar surface area (TPSA) is 58.6 Å². The Morgan fingerprint density at radius 3 is 2.80 bits per heavy atom. The second-order valence-electron chi connectivity index (χ2n) is 5.79. The number of benzene rings is 1. The largest absolute Gasteiger partial charge is 0.493 e. The molecule has 1 unspecified atom stereocenters. The van der Waals surface area contributed by atoms with Gasteiger partial charge in [0.2, 0.25) is 0 Å². The second kappa shape index (κ2) is 5.44. The van der Waals surface area contributed by atoms with Gasteiger partial charge in [-0.15, -0.1) is 0 Å². The molecule has 1 atom stereocenters. The lowest BCUT2D eigenvalue weighted by atomic mass is 9.97. The number of hydrogen-bond acceptors (Lipinski definition) is 3. The standard InChI is InChI=1S/C16H21NO3/c18-15(16(19)9-3-4-10-16)17-13-7-5-11-20-14-8-2-1-6-12(13)14/h1-2,6,8,13,19H,3-5,7,9-11H2,(H,17,18). The maximum atomic E-state index is 12.4. The highest BCUT2D eigenvalue weighted by Gasteiger charge is 2.40. The summed E-state index contributed by atoms with van der Waals surface area (Å²) in [5, 5.41) is 13.4. The number of rotatable bonds is 2. The first-order valence-electron chi connectivity index (χ1n) is 7.44. The molecule has 4 heteroatoms. The van der Waals surface area contributed by atoms with Crippen LogP contribution in [-0.4, -0.2) is 23.2 Å². The lowest BCUT2D eigenvalue weighted by molar-refractivity contribution is -0.140. The van der Waals surface area contributed by atoms with Gasteiger partial charge in [-0.05, 0) is 44.6 Å². The highest BCUT2D eigenvalue weighted by molar-refractivity contribution is 5.85. The van der Waals surface area contributed by atoms with Gasteiger partial charge < -0.3 is 15.2 Å². The summed E-state index contributed by atoms with van der Waals surface area (Å²) in [5.74, 6) is 0.616. The molecule has 108 valence electrons. The lowest BCUT2D eigenvalue weighted by Crippen LogP contribution is -2.46. The Labute approximate surface area is 119 Å². The molecule has 0 radical (unpaired) electrons. The van der Waals surface area contributed by atoms with Gasteiger partial charge in [0.15, 0.2) is 0 Å². The second-order valence-corrected chi connectivity index (χ2v) is 5.79. The molecule has 0 spiro atoms. The summed E-state index contributed by atoms with van der Waals surface area (Å²) in [6, 6.07) is 7.75. The Balaban J connectivity index is 1.78. The molecule has 20 heavy (non-hydrogen) atoms. The van der Waals surface area contributed by atoms with Crippen LogP contribution in [0.25, 0.3) is 0 Å². The van der Waals surface area contributed by atoms with E-state index in [1.54, 1.807) is 0 Å². The normalized spacial score (nSPS) is 24.4. The van der Waals surface area contributed by atoms with Crippen LogP contribution in [-0.2, 0) is 4.79 Å². The van der Waals surface area contributed by atoms with Crippen molar-refractivity contribution in [2.75, 3.05) is 6.61 Å². The fourth-order valence-corrected chi connectivity index (χ4v) is 3.15. The van der Waals surface area contributed by atoms with E-state index < -0.39 is 5.60 Å². The minimum absolute atomic E-state index is 0.0641. The molecule has 1 amide bonds. The minimum Gasteiger partial charge on any atom is -0.493 e. The third kappa shape index (κ3) is 2.52. The highest BCUT2D eigenvalue weighted by atomic mass is 16.5. The molecule has 4 nitrogen and oxygen atoms in total. The van der Waals surface area contributed by atoms with Gasteiger partial charge in [0.1, 0.15) is 11.4 Å². The molecule has 2 N–H and O–H groups in total. The zero-order chi connectivity index (χ0) is 14.0. The Bertz CT molecular complexity index is 494. The van der Waals surface area contributed by atoms with Gasteiger partial charge in [0.25, 0.3) is 5.91 Å². The monoisotopic (exact) mass is 275 g/mol. The first kappa shape index (κ1) is 13.4. The van der Waals surface area contributed by atoms with Crippen molar-refractivity contribution >= 4 is 5.91 Å². The molecule has 1 aliphatic heterocycles. The summed E-state index contributed by atoms with van der Waals surface area (Å²) in [6.07, 6.45) is 4.74. The number of hydrogen-bond donors (Lipinski definition) is 2. The van der Waals surface area contributed by atoms with Gasteiger partial charge in [0.05, 0.1) is 12.6 Å². The average Bonchev–Trinajstić information content (AvgIpc) is 2.81. The Morgan fingerprint density at radius 1 is 1.25 bits per heavy atom. The molecule has 1 aromatic carbocycles. The van der Waals surface area contributed by atoms with E-state index in [2.05, 4.69) is 5.32 Å². The van der Waals surface area contributed by atoms with Crippen LogP contribution < -0.4 is 10.1 Å². The highest BCUT2D eigenvalue weighted by Crippen LogP contribution is 2.34. The van der Waals surface area contributed by atoms with Crippen molar-refractivity contribution in [3.05, 3.63) is 29.8 Å². The predicted molar refractivity (Wildman–Crippen MR) is 75.5 cm³/mol. The van der Waals surface area contributed by atoms with Gasteiger partial charge in [0, 0.05) is 5.56 Å². The number of amides is 1. The molecule has 1 fully saturated rings. The molecule has 0 aromatic heterocycles. The van der Waals surface area contributed by atoms with Crippen LogP contribution in [0.4, 0.5) is 0 Å². The van der Waals surface area contributed by atoms with Crippen LogP contribution >= 0.6 is 0 Å². The van der Waals surface area contributed by atoms with Gasteiger partial charge in [-0.1, -0.05) is 18.2 Å². The maximum Gasteiger partial charge on any atom is 0.252 e. The van der Waals surface area contributed by atoms with Gasteiger partial charge in [-0.25, -0.2) is 0 Å². The first-order chi connectivity index (χ1) is 9.69. The van der Waals surface area contributed by atoms with Crippen molar-refractivity contribution in [2.45, 2.75) is 50.2 Å². The summed E-state index contributed by atoms with van der Waals surface area (Å²) in [5.41, 5.74) is -0.151. The summed E-state index contributed by atoms with van der Waals surface area (Å²) < 4.78 is 5.70. The summed E-state index contributed by atoms with van der Waals surface area (Å²) in [7, 11) is 0. The van der Waals surface area contributed by atoms with Crippen molar-refractivity contribution in [2.24, 2.45) is 0 Å². The van der Waals surface area contributed by atoms with Crippen molar-refractivity contribution in [3.63, 3.8) is 0 Å². The summed E-state index contributed by atoms with van der Waals surface area (Å²) in [4.78, 5) is 12.4. The first-order valence-corrected chi connectivity index (χ1v) is 7.44. The fraction of sp³-hybridized carbons (Fsp3) is 0.562. The summed E-state index contributed by atoms with van der Waals surface area (Å²) in [6.45, 7) is 0.674. The molecule has 2 aliphatic rings. The number of fused-ring (bicyclic) bond motifs is 1. The number of para-hydroxylation sites is 1. The van der Waals surface area contributed by atoms with E-state index in [9.17, 15) is 9.90 Å². The van der Waals surface area contributed by atoms with Gasteiger partial charge >= 0.3 is 0 Å². The number of aliphatic hydroxyl groups is 1. The molecule has 1 aliphatic carbocycles. The van der Waals surface area contributed by atoms with Crippen LogP contribution in [0.15, 0.2) is 24.3 Å². The molecule has 1 heterocycles. The molecule has 1 saturated carbocycles. The molecule has 0 saturated heterocycles. The Morgan fingerprint density at radius 2 is 2.00 bits per heavy atom. The van der Waals surface area contributed by atoms with E-state index in [0.29, 0.717) is 19.4 Å². The van der Waals surface area contributed by atoms with Crippen LogP contribution in [0.2, 0.25) is 0 Å². The van der Waals surface area contributed by atoms with E-state index in [1.165, 1.54) is 0 Å². The van der Waals surface area contributed by atoms with Crippen LogP contribution in [0, 0.1) is 0 Å². The molecular weight excluding hydrogens is 254 g/mol. The van der Waals surface area contributed by atoms with E-state index in [4.69, 9.17) is 4.74 Å². The van der Waals surface area contributed by atoms with Gasteiger partial charge in [-0.2, -0.15) is 0 Å². The van der Waals surface area contributed by atoms with Crippen LogP contribution in [0.5, 0.6) is 5.75 Å². The van der Waals surface area contributed by atoms with Crippen LogP contribution in [0.1, 0.15) is 50.1 Å². The Kier molecular flexibility index (Phi) is 3.66. The van der Waals surface area contributed by atoms with Crippen molar-refractivity contribution in [1.29, 1.82) is 0 Å². The SMILES string of the molecule is O=C(NC1CCCOc2ccccc21)C1(O)CCCC1. The van der Waals surface area contributed by atoms with Crippen molar-refractivity contribution < 1.29 is 14.6 Å². The third-order valence-corrected chi connectivity index (χ3v) is 4.35. The maximum absolute atomic E-state index is 12.4. The van der Waals surface area contributed by atoms with E-state index in [-0.39, 0.29) is 11.9 Å². The van der Waals surface area contributed by atoms with Gasteiger partial charge in [-0.3, -0.25) is 4.79 Å². The number of carbonyl (C=O) groups is 1.